The summed E-state index contributed by atoms with van der Waals surface area (Å²) in [5.74, 6) is 14.1. The number of hydrogen-bond acceptors (Lipinski definition) is 25. The maximum Gasteiger partial charge on any atom is 0.305 e. The van der Waals surface area contributed by atoms with Crippen LogP contribution in [-0.2, 0) is 81.3 Å². The van der Waals surface area contributed by atoms with Gasteiger partial charge in [-0.05, 0) is 113 Å². The highest BCUT2D eigenvalue weighted by atomic mass is 32.2. The van der Waals surface area contributed by atoms with Gasteiger partial charge in [-0.25, -0.2) is 0 Å². The highest BCUT2D eigenvalue weighted by molar-refractivity contribution is 8.02. The van der Waals surface area contributed by atoms with Gasteiger partial charge < -0.3 is 101 Å². The molecule has 2 heterocycles. The molecular weight excluding hydrogens is 1770 g/mol. The summed E-state index contributed by atoms with van der Waals surface area (Å²) in [6, 6.07) is 32.9. The number of terminal acetylenes is 3. The summed E-state index contributed by atoms with van der Waals surface area (Å²) in [6.45, 7) is 2.32. The van der Waals surface area contributed by atoms with Crippen molar-refractivity contribution >= 4 is 135 Å². The van der Waals surface area contributed by atoms with E-state index in [9.17, 15) is 52.7 Å². The first-order chi connectivity index (χ1) is 63.6. The number of carbonyl (C=O) groups excluding carboxylic acids is 11. The molecule has 8 rings (SSSR count). The second-order valence-electron chi connectivity index (χ2n) is 30.7. The van der Waals surface area contributed by atoms with Gasteiger partial charge in [-0.2, -0.15) is 47.0 Å². The minimum Gasteiger partial charge on any atom is -0.465 e. The number of Topliss-reactive ketones (excluding diaryl/α,β-unsaturated/α-hetero) is 2. The molecule has 0 spiro atoms. The van der Waals surface area contributed by atoms with Gasteiger partial charge in [-0.15, -0.1) is 19.3 Å². The first kappa shape index (κ1) is 110. The van der Waals surface area contributed by atoms with Crippen molar-refractivity contribution in [3.05, 3.63) is 119 Å². The number of aliphatic imine (C=N–C) groups is 3. The van der Waals surface area contributed by atoms with Crippen molar-refractivity contribution in [2.45, 2.75) is 133 Å². The molecule has 710 valence electrons. The Balaban J connectivity index is 0.000000513. The largest absolute Gasteiger partial charge is 0.465 e. The Morgan fingerprint density at radius 2 is 0.765 bits per heavy atom. The molecule has 0 radical (unpaired) electrons. The smallest absolute Gasteiger partial charge is 0.305 e. The van der Waals surface area contributed by atoms with Gasteiger partial charge in [0.05, 0.1) is 76.5 Å². The van der Waals surface area contributed by atoms with Crippen molar-refractivity contribution in [3.8, 4) is 83.0 Å². The van der Waals surface area contributed by atoms with Gasteiger partial charge in [-0.3, -0.25) is 67.7 Å². The maximum atomic E-state index is 13.8. The zero-order valence-corrected chi connectivity index (χ0v) is 77.9. The first-order valence-corrected chi connectivity index (χ1v) is 47.6. The van der Waals surface area contributed by atoms with Crippen molar-refractivity contribution < 1.29 is 81.3 Å². The van der Waals surface area contributed by atoms with Crippen LogP contribution in [0.2, 0.25) is 0 Å². The third-order valence-electron chi connectivity index (χ3n) is 20.2. The summed E-state index contributed by atoms with van der Waals surface area (Å²) >= 11 is 5.34. The predicted molar refractivity (Wildman–Crippen MR) is 520 cm³/mol. The lowest BCUT2D eigenvalue weighted by atomic mass is 9.85. The highest BCUT2D eigenvalue weighted by Gasteiger charge is 2.42. The molecule has 2 aliphatic heterocycles. The van der Waals surface area contributed by atoms with Crippen molar-refractivity contribution in [2.24, 2.45) is 71.4 Å². The van der Waals surface area contributed by atoms with Gasteiger partial charge in [-0.1, -0.05) is 134 Å². The van der Waals surface area contributed by atoms with Crippen LogP contribution in [0, 0.1) is 66.1 Å². The normalized spacial score (nSPS) is 14.3. The van der Waals surface area contributed by atoms with E-state index in [-0.39, 0.29) is 219 Å². The second kappa shape index (κ2) is 63.0. The number of unbranched alkanes of at least 4 members (excludes halogenated alkanes) is 6. The Labute approximate surface area is 789 Å². The molecule has 34 nitrogen and oxygen atoms in total. The van der Waals surface area contributed by atoms with E-state index in [2.05, 4.69) is 137 Å². The molecular formula is C94H123N17O17S4. The molecule has 0 bridgehead atoms. The number of amides is 7. The fourth-order valence-corrected chi connectivity index (χ4v) is 18.9. The van der Waals surface area contributed by atoms with Crippen molar-refractivity contribution in [2.75, 3.05) is 145 Å². The molecule has 2 saturated heterocycles. The van der Waals surface area contributed by atoms with Crippen LogP contribution in [0.5, 0.6) is 0 Å². The number of ketones is 2. The summed E-state index contributed by atoms with van der Waals surface area (Å²) in [5, 5.41) is 18.1. The van der Waals surface area contributed by atoms with Crippen molar-refractivity contribution in [1.29, 1.82) is 0 Å². The molecule has 2 fully saturated rings. The second-order valence-corrected chi connectivity index (χ2v) is 34.7. The standard InChI is InChI=1S/C54H83N15O12S2.C29H34N2O5S2.C6H2.C5H4/c55-49(76)54(68-47(74)13-3-1-2-4-14-48(75)80-29-43-41-11-7-5-9-39(41)40-10-6-8-12-42(40)43)35-82-30-37(31-83-36-54)69-81-28-38(70)27-53(32-77-24-15-44(71)62-18-21-65-50(56)57,33-78-25-16-45(72)63-19-22-66-51(58)59)34-79-26-17-46(73)64-20-23-67-52(60)61;30-28(35)29(18-37-16-20(32)17-38-19-29)31-26(33)13-3-1-2-4-14-27(34)36-15-25-23-11-7-5-9-21(23)22-10-6-8-12-24(22)25;1-3-5-6-4-2;1-3-5-4-2/h5-12,43H,1-4,13-36H2,(H2,55,76)(H,62,71)(H,63,72)(H,64,73)(H,68,74)(H4,56,57,65)(H4,58,59,66)(H4,60,61,67);5-12,25H,1-4,13-19H2,(H2,30,35)(H,31,33);1-2H;1H,2H3. The van der Waals surface area contributed by atoms with E-state index in [1.54, 1.807) is 6.92 Å². The van der Waals surface area contributed by atoms with Gasteiger partial charge in [0.2, 0.25) is 41.4 Å². The van der Waals surface area contributed by atoms with Crippen LogP contribution >= 0.6 is 47.0 Å². The van der Waals surface area contributed by atoms with E-state index >= 15 is 0 Å². The number of carbonyl (C=O) groups is 11. The van der Waals surface area contributed by atoms with E-state index < -0.39 is 40.7 Å². The molecule has 4 aliphatic rings. The van der Waals surface area contributed by atoms with Crippen LogP contribution in [0.15, 0.2) is 117 Å². The van der Waals surface area contributed by atoms with E-state index in [4.69, 9.17) is 93.7 Å². The van der Waals surface area contributed by atoms with Crippen LogP contribution in [0.4, 0.5) is 0 Å². The Kier molecular flexibility index (Phi) is 52.6. The number of rotatable bonds is 51. The summed E-state index contributed by atoms with van der Waals surface area (Å²) in [6.07, 6.45) is 20.4. The van der Waals surface area contributed by atoms with Crippen LogP contribution in [0.1, 0.15) is 144 Å². The highest BCUT2D eigenvalue weighted by Crippen LogP contribution is 2.46. The number of nitrogens with two attached hydrogens (primary N) is 8. The number of benzene rings is 4. The fraction of sp³-hybridized carbons (Fsp3) is 0.479. The van der Waals surface area contributed by atoms with E-state index in [1.807, 2.05) is 48.5 Å². The molecule has 0 atom stereocenters. The zero-order chi connectivity index (χ0) is 96.2. The summed E-state index contributed by atoms with van der Waals surface area (Å²) in [7, 11) is 0. The third-order valence-corrected chi connectivity index (χ3v) is 25.1. The Hall–Kier alpha value is -12.2. The van der Waals surface area contributed by atoms with E-state index in [0.717, 1.165) is 30.4 Å². The lowest BCUT2D eigenvalue weighted by Gasteiger charge is -2.33. The average Bonchev–Trinajstić information content (AvgIpc) is 1.62. The Morgan fingerprint density at radius 1 is 0.439 bits per heavy atom. The van der Waals surface area contributed by atoms with Gasteiger partial charge >= 0.3 is 11.9 Å². The van der Waals surface area contributed by atoms with Gasteiger partial charge in [0.15, 0.2) is 36.1 Å². The maximum absolute atomic E-state index is 13.8. The molecule has 0 aromatic heterocycles. The number of primary amides is 2. The Morgan fingerprint density at radius 3 is 1.08 bits per heavy atom. The van der Waals surface area contributed by atoms with Crippen LogP contribution in [-0.4, -0.2) is 244 Å². The first-order valence-electron chi connectivity index (χ1n) is 43.0. The number of guanidine groups is 3. The summed E-state index contributed by atoms with van der Waals surface area (Å²) < 4.78 is 29.3. The third kappa shape index (κ3) is 42.4. The number of ether oxygens (including phenoxy) is 5. The SMILES string of the molecule is C#CC#CC.C#CC#CC#C.NC(=O)C1(NC(=O)CCCCCCC(=O)OCC2c3ccccc3-c3ccccc32)CSCC(=NOCC(=O)CC(COCCC(=O)NCCN=C(N)N)(COCCC(=O)NCCN=C(N)N)COCCC(=O)NCCN=C(N)N)CSC1.NC(=O)C1(NC(=O)CCCCCCC(=O)OCC2c3ccccc3-c3ccccc32)CSCC(=O)CSC1. The molecule has 38 heteroatoms. The van der Waals surface area contributed by atoms with Gasteiger partial charge in [0, 0.05) is 123 Å². The summed E-state index contributed by atoms with van der Waals surface area (Å²) in [4.78, 5) is 156. The minimum atomic E-state index is -1.32. The monoisotopic (exact) mass is 1890 g/mol. The Bertz CT molecular complexity index is 4640. The number of hydrogen-bond donors (Lipinski definition) is 13. The molecule has 4 aromatic carbocycles. The number of nitrogens with zero attached hydrogens (tertiary/aromatic N) is 4. The minimum absolute atomic E-state index is 0.00682. The molecule has 4 aromatic rings. The number of fused-ring (bicyclic) bond motifs is 6. The molecule has 132 heavy (non-hydrogen) atoms. The molecule has 21 N–H and O–H groups in total. The fourth-order valence-electron chi connectivity index (χ4n) is 13.8. The quantitative estimate of drug-likeness (QED) is 0.00736. The molecule has 0 saturated carbocycles. The lowest BCUT2D eigenvalue weighted by molar-refractivity contribution is -0.145. The molecule has 7 amide bonds. The van der Waals surface area contributed by atoms with E-state index in [1.165, 1.54) is 80.4 Å². The molecule has 2 aliphatic carbocycles. The number of thioether (sulfide) groups is 4. The zero-order valence-electron chi connectivity index (χ0n) is 74.7. The topological polar surface area (TPSA) is 561 Å². The predicted octanol–water partition coefficient (Wildman–Crippen LogP) is 4.18. The van der Waals surface area contributed by atoms with Crippen molar-refractivity contribution in [3.63, 3.8) is 0 Å². The average molecular weight is 1890 g/mol. The van der Waals surface area contributed by atoms with Gasteiger partial charge in [0.1, 0.15) is 24.3 Å². The van der Waals surface area contributed by atoms with Crippen LogP contribution in [0.3, 0.4) is 0 Å². The number of esters is 2. The van der Waals surface area contributed by atoms with Crippen LogP contribution in [0.25, 0.3) is 22.3 Å². The number of nitrogens with one attached hydrogen (secondary N) is 5. The molecule has 0 unspecified atom stereocenters. The van der Waals surface area contributed by atoms with E-state index in [0.29, 0.717) is 85.4 Å². The van der Waals surface area contributed by atoms with Gasteiger partial charge in [0.25, 0.3) is 0 Å². The van der Waals surface area contributed by atoms with Crippen molar-refractivity contribution in [1.82, 2.24) is 26.6 Å². The lowest BCUT2D eigenvalue weighted by Crippen LogP contribution is -2.61. The van der Waals surface area contributed by atoms with Crippen LogP contribution < -0.4 is 72.5 Å². The summed E-state index contributed by atoms with van der Waals surface area (Å²) in [5.41, 5.74) is 50.1. The number of oxime groups is 1.